The Morgan fingerprint density at radius 1 is 1.29 bits per heavy atom. The highest BCUT2D eigenvalue weighted by Gasteiger charge is 2.13. The summed E-state index contributed by atoms with van der Waals surface area (Å²) in [5.74, 6) is 1.99. The van der Waals surface area contributed by atoms with E-state index in [0.29, 0.717) is 0 Å². The molecule has 0 bridgehead atoms. The van der Waals surface area contributed by atoms with Gasteiger partial charge in [0.05, 0.1) is 5.69 Å². The van der Waals surface area contributed by atoms with Gasteiger partial charge in [-0.05, 0) is 38.0 Å². The van der Waals surface area contributed by atoms with Crippen LogP contribution in [0.3, 0.4) is 0 Å². The average molecular weight is 192 g/mol. The molecule has 0 radical (unpaired) electrons. The maximum Gasteiger partial charge on any atom is 0.106 e. The number of nitrogens with one attached hydrogen (secondary N) is 1. The van der Waals surface area contributed by atoms with Gasteiger partial charge in [-0.15, -0.1) is 0 Å². The molecule has 1 aliphatic rings. The Bertz CT molecular complexity index is 276. The molecule has 1 aromatic heterocycles. The fourth-order valence-corrected chi connectivity index (χ4v) is 2.06. The highest BCUT2D eigenvalue weighted by molar-refractivity contribution is 5.17. The molecule has 0 atom stereocenters. The third-order valence-corrected chi connectivity index (χ3v) is 2.96. The number of aromatic amines is 1. The predicted molar refractivity (Wildman–Crippen MR) is 58.4 cm³/mol. The molecule has 14 heavy (non-hydrogen) atoms. The second-order valence-corrected chi connectivity index (χ2v) is 4.75. The van der Waals surface area contributed by atoms with E-state index in [-0.39, 0.29) is 0 Å². The molecule has 1 N–H and O–H groups in total. The first-order chi connectivity index (χ1) is 6.75. The van der Waals surface area contributed by atoms with Crippen molar-refractivity contribution in [3.05, 3.63) is 17.2 Å². The predicted octanol–water partition coefficient (Wildman–Crippen LogP) is 2.88. The van der Waals surface area contributed by atoms with Gasteiger partial charge in [0.2, 0.25) is 0 Å². The summed E-state index contributed by atoms with van der Waals surface area (Å²) in [6.45, 7) is 4.53. The second-order valence-electron chi connectivity index (χ2n) is 4.75. The van der Waals surface area contributed by atoms with Crippen molar-refractivity contribution in [1.29, 1.82) is 0 Å². The fourth-order valence-electron chi connectivity index (χ4n) is 2.06. The summed E-state index contributed by atoms with van der Waals surface area (Å²) >= 11 is 0. The number of rotatable bonds is 3. The molecule has 1 heterocycles. The van der Waals surface area contributed by atoms with Crippen LogP contribution in [-0.2, 0) is 19.3 Å². The monoisotopic (exact) mass is 192 g/mol. The molecular formula is C12H20N2. The van der Waals surface area contributed by atoms with Crippen LogP contribution in [-0.4, -0.2) is 9.97 Å². The summed E-state index contributed by atoms with van der Waals surface area (Å²) in [5.41, 5.74) is 2.75. The minimum Gasteiger partial charge on any atom is -0.346 e. The molecule has 0 aromatic carbocycles. The number of hydrogen-bond donors (Lipinski definition) is 1. The van der Waals surface area contributed by atoms with Gasteiger partial charge in [0.1, 0.15) is 5.82 Å². The highest BCUT2D eigenvalue weighted by Crippen LogP contribution is 2.19. The largest absolute Gasteiger partial charge is 0.346 e. The molecule has 0 aliphatic heterocycles. The van der Waals surface area contributed by atoms with Crippen molar-refractivity contribution in [1.82, 2.24) is 9.97 Å². The lowest BCUT2D eigenvalue weighted by atomic mass is 10.0. The van der Waals surface area contributed by atoms with Crippen molar-refractivity contribution in [2.45, 2.75) is 52.4 Å². The van der Waals surface area contributed by atoms with E-state index in [1.165, 1.54) is 49.3 Å². The van der Waals surface area contributed by atoms with Crippen LogP contribution in [0.15, 0.2) is 0 Å². The van der Waals surface area contributed by atoms with Crippen LogP contribution in [0.5, 0.6) is 0 Å². The Labute approximate surface area is 86.1 Å². The maximum atomic E-state index is 4.67. The molecule has 2 nitrogen and oxygen atoms in total. The van der Waals surface area contributed by atoms with Gasteiger partial charge in [0.15, 0.2) is 0 Å². The van der Waals surface area contributed by atoms with Gasteiger partial charge in [-0.2, -0.15) is 0 Å². The van der Waals surface area contributed by atoms with E-state index in [0.717, 1.165) is 12.3 Å². The van der Waals surface area contributed by atoms with Gasteiger partial charge in [-0.3, -0.25) is 0 Å². The molecule has 1 aliphatic carbocycles. The zero-order valence-corrected chi connectivity index (χ0v) is 9.27. The molecule has 2 rings (SSSR count). The first-order valence-corrected chi connectivity index (χ1v) is 5.82. The topological polar surface area (TPSA) is 28.7 Å². The molecule has 0 amide bonds. The summed E-state index contributed by atoms with van der Waals surface area (Å²) in [4.78, 5) is 8.15. The van der Waals surface area contributed by atoms with E-state index >= 15 is 0 Å². The van der Waals surface area contributed by atoms with E-state index in [1.54, 1.807) is 0 Å². The lowest BCUT2D eigenvalue weighted by molar-refractivity contribution is 0.576. The molecule has 0 saturated heterocycles. The number of nitrogens with zero attached hydrogens (tertiary/aromatic N) is 1. The molecule has 0 fully saturated rings. The Balaban J connectivity index is 2.01. The van der Waals surface area contributed by atoms with Crippen molar-refractivity contribution >= 4 is 0 Å². The zero-order valence-electron chi connectivity index (χ0n) is 9.27. The zero-order chi connectivity index (χ0) is 9.97. The number of fused-ring (bicyclic) bond motifs is 1. The van der Waals surface area contributed by atoms with Gasteiger partial charge in [-0.25, -0.2) is 4.98 Å². The SMILES string of the molecule is CC(C)CCc1nc2c([nH]1)CCCC2. The van der Waals surface area contributed by atoms with Gasteiger partial charge in [0.25, 0.3) is 0 Å². The van der Waals surface area contributed by atoms with Crippen LogP contribution in [0, 0.1) is 5.92 Å². The molecule has 0 saturated carbocycles. The first-order valence-electron chi connectivity index (χ1n) is 5.82. The lowest BCUT2D eigenvalue weighted by Gasteiger charge is -2.07. The summed E-state index contributed by atoms with van der Waals surface area (Å²) in [6, 6.07) is 0. The average Bonchev–Trinajstić information content (AvgIpc) is 2.57. The quantitative estimate of drug-likeness (QED) is 0.783. The number of imidazole rings is 1. The van der Waals surface area contributed by atoms with Crippen molar-refractivity contribution in [3.8, 4) is 0 Å². The van der Waals surface area contributed by atoms with Gasteiger partial charge >= 0.3 is 0 Å². The van der Waals surface area contributed by atoms with Crippen LogP contribution in [0.1, 0.15) is 50.3 Å². The molecule has 0 spiro atoms. The van der Waals surface area contributed by atoms with Crippen molar-refractivity contribution in [2.24, 2.45) is 5.92 Å². The summed E-state index contributed by atoms with van der Waals surface area (Å²) in [7, 11) is 0. The van der Waals surface area contributed by atoms with Gasteiger partial charge in [0, 0.05) is 12.1 Å². The van der Waals surface area contributed by atoms with Crippen molar-refractivity contribution in [3.63, 3.8) is 0 Å². The van der Waals surface area contributed by atoms with Crippen LogP contribution in [0.25, 0.3) is 0 Å². The molecule has 2 heteroatoms. The second kappa shape index (κ2) is 4.16. The number of H-pyrrole nitrogens is 1. The maximum absolute atomic E-state index is 4.67. The third-order valence-electron chi connectivity index (χ3n) is 2.96. The lowest BCUT2D eigenvalue weighted by Crippen LogP contribution is -2.00. The Hall–Kier alpha value is -0.790. The normalized spacial score (nSPS) is 15.9. The standard InChI is InChI=1S/C12H20N2/c1-9(2)7-8-12-13-10-5-3-4-6-11(10)14-12/h9H,3-8H2,1-2H3,(H,13,14). The van der Waals surface area contributed by atoms with Gasteiger partial charge in [-0.1, -0.05) is 13.8 Å². The van der Waals surface area contributed by atoms with Gasteiger partial charge < -0.3 is 4.98 Å². The van der Waals surface area contributed by atoms with Crippen LogP contribution in [0.2, 0.25) is 0 Å². The van der Waals surface area contributed by atoms with E-state index in [1.807, 2.05) is 0 Å². The van der Waals surface area contributed by atoms with Crippen LogP contribution < -0.4 is 0 Å². The Morgan fingerprint density at radius 3 is 2.79 bits per heavy atom. The van der Waals surface area contributed by atoms with Crippen LogP contribution >= 0.6 is 0 Å². The minimum absolute atomic E-state index is 0.775. The highest BCUT2D eigenvalue weighted by atomic mass is 14.9. The smallest absolute Gasteiger partial charge is 0.106 e. The Kier molecular flexibility index (Phi) is 2.90. The fraction of sp³-hybridized carbons (Fsp3) is 0.750. The number of aryl methyl sites for hydroxylation is 3. The minimum atomic E-state index is 0.775. The van der Waals surface area contributed by atoms with E-state index in [2.05, 4.69) is 23.8 Å². The third kappa shape index (κ3) is 2.17. The summed E-state index contributed by atoms with van der Waals surface area (Å²) in [6.07, 6.45) is 7.41. The van der Waals surface area contributed by atoms with Crippen LogP contribution in [0.4, 0.5) is 0 Å². The van der Waals surface area contributed by atoms with E-state index in [9.17, 15) is 0 Å². The van der Waals surface area contributed by atoms with E-state index < -0.39 is 0 Å². The first kappa shape index (κ1) is 9.75. The molecule has 1 aromatic rings. The number of aromatic nitrogens is 2. The molecule has 78 valence electrons. The van der Waals surface area contributed by atoms with E-state index in [4.69, 9.17) is 0 Å². The van der Waals surface area contributed by atoms with Crippen molar-refractivity contribution in [2.75, 3.05) is 0 Å². The summed E-state index contributed by atoms with van der Waals surface area (Å²) in [5, 5.41) is 0. The van der Waals surface area contributed by atoms with Crippen molar-refractivity contribution < 1.29 is 0 Å². The summed E-state index contributed by atoms with van der Waals surface area (Å²) < 4.78 is 0. The Morgan fingerprint density at radius 2 is 2.07 bits per heavy atom. The number of hydrogen-bond acceptors (Lipinski definition) is 1. The molecular weight excluding hydrogens is 172 g/mol. The molecule has 0 unspecified atom stereocenters.